The second kappa shape index (κ2) is 7.12. The molecule has 2 aromatic carbocycles. The first-order valence-corrected chi connectivity index (χ1v) is 7.69. The number of carbonyl (C=O) groups is 1. The minimum atomic E-state index is -4.82. The molecule has 0 aliphatic heterocycles. The van der Waals surface area contributed by atoms with Crippen LogP contribution in [0, 0.1) is 12.3 Å². The van der Waals surface area contributed by atoms with Gasteiger partial charge in [-0.25, -0.2) is 4.79 Å². The van der Waals surface area contributed by atoms with Crippen LogP contribution in [0.25, 0.3) is 11.1 Å². The summed E-state index contributed by atoms with van der Waals surface area (Å²) in [5, 5.41) is 0. The molecule has 6 heteroatoms. The number of terminal acetylenes is 1. The van der Waals surface area contributed by atoms with Crippen molar-refractivity contribution in [2.24, 2.45) is 0 Å². The average molecular weight is 362 g/mol. The lowest BCUT2D eigenvalue weighted by Crippen LogP contribution is -2.23. The van der Waals surface area contributed by atoms with Crippen LogP contribution in [0.5, 0.6) is 5.75 Å². The molecule has 0 amide bonds. The van der Waals surface area contributed by atoms with Gasteiger partial charge in [0.05, 0.1) is 11.1 Å². The molecular weight excluding hydrogens is 345 g/mol. The Morgan fingerprint density at radius 2 is 1.58 bits per heavy atom. The van der Waals surface area contributed by atoms with Gasteiger partial charge in [-0.1, -0.05) is 24.1 Å². The zero-order valence-corrected chi connectivity index (χ0v) is 14.5. The first-order valence-electron chi connectivity index (χ1n) is 7.69. The van der Waals surface area contributed by atoms with Crippen molar-refractivity contribution in [3.63, 3.8) is 0 Å². The maximum absolute atomic E-state index is 12.4. The Labute approximate surface area is 149 Å². The molecule has 2 aromatic rings. The fourth-order valence-electron chi connectivity index (χ4n) is 2.17. The summed E-state index contributed by atoms with van der Waals surface area (Å²) in [6.45, 7) is 5.31. The van der Waals surface area contributed by atoms with Crippen molar-refractivity contribution in [1.29, 1.82) is 0 Å². The van der Waals surface area contributed by atoms with Crippen molar-refractivity contribution in [2.45, 2.75) is 32.7 Å². The molecule has 136 valence electrons. The van der Waals surface area contributed by atoms with Crippen LogP contribution in [0.15, 0.2) is 42.5 Å². The van der Waals surface area contributed by atoms with E-state index in [4.69, 9.17) is 11.2 Å². The highest BCUT2D eigenvalue weighted by Gasteiger charge is 2.32. The van der Waals surface area contributed by atoms with E-state index < -0.39 is 23.7 Å². The van der Waals surface area contributed by atoms with Crippen LogP contribution < -0.4 is 4.74 Å². The standard InChI is InChI=1S/C20H17F3O3/c1-5-13-12-16(10-11-17(13)25-20(21,22)23)14-6-8-15(9-7-14)18(24)26-19(2,3)4/h1,6-12H,2-4H3. The number of esters is 1. The number of alkyl halides is 3. The SMILES string of the molecule is C#Cc1cc(-c2ccc(C(=O)OC(C)(C)C)cc2)ccc1OC(F)(F)F. The first kappa shape index (κ1) is 19.4. The molecule has 0 aliphatic rings. The highest BCUT2D eigenvalue weighted by molar-refractivity contribution is 5.90. The number of hydrogen-bond donors (Lipinski definition) is 0. The van der Waals surface area contributed by atoms with Crippen LogP contribution in [-0.4, -0.2) is 17.9 Å². The molecular formula is C20H17F3O3. The molecule has 0 bridgehead atoms. The molecule has 0 saturated heterocycles. The lowest BCUT2D eigenvalue weighted by molar-refractivity contribution is -0.274. The summed E-state index contributed by atoms with van der Waals surface area (Å²) in [6, 6.07) is 10.5. The van der Waals surface area contributed by atoms with Gasteiger partial charge in [0.15, 0.2) is 0 Å². The Hall–Kier alpha value is -2.94. The third-order valence-electron chi connectivity index (χ3n) is 3.21. The number of benzene rings is 2. The Morgan fingerprint density at radius 3 is 2.08 bits per heavy atom. The summed E-state index contributed by atoms with van der Waals surface area (Å²) in [7, 11) is 0. The molecule has 0 fully saturated rings. The highest BCUT2D eigenvalue weighted by atomic mass is 19.4. The van der Waals surface area contributed by atoms with Crippen molar-refractivity contribution >= 4 is 5.97 Å². The molecule has 0 spiro atoms. The molecule has 0 radical (unpaired) electrons. The largest absolute Gasteiger partial charge is 0.573 e. The summed E-state index contributed by atoms with van der Waals surface area (Å²) in [4.78, 5) is 12.0. The third kappa shape index (κ3) is 5.28. The number of carbonyl (C=O) groups excluding carboxylic acids is 1. The minimum Gasteiger partial charge on any atom is -0.456 e. The normalized spacial score (nSPS) is 11.6. The maximum Gasteiger partial charge on any atom is 0.573 e. The molecule has 0 atom stereocenters. The summed E-state index contributed by atoms with van der Waals surface area (Å²) in [5.74, 6) is 1.29. The predicted molar refractivity (Wildman–Crippen MR) is 91.7 cm³/mol. The zero-order chi connectivity index (χ0) is 19.5. The molecule has 0 N–H and O–H groups in total. The van der Waals surface area contributed by atoms with E-state index in [-0.39, 0.29) is 5.56 Å². The molecule has 0 saturated carbocycles. The Balaban J connectivity index is 2.27. The van der Waals surface area contributed by atoms with Crippen LogP contribution >= 0.6 is 0 Å². The maximum atomic E-state index is 12.4. The lowest BCUT2D eigenvalue weighted by atomic mass is 10.0. The highest BCUT2D eigenvalue weighted by Crippen LogP contribution is 2.30. The Kier molecular flexibility index (Phi) is 5.31. The molecule has 0 unspecified atom stereocenters. The van der Waals surface area contributed by atoms with Crippen LogP contribution in [0.3, 0.4) is 0 Å². The second-order valence-electron chi connectivity index (χ2n) is 6.48. The first-order chi connectivity index (χ1) is 12.0. The van der Waals surface area contributed by atoms with Gasteiger partial charge < -0.3 is 9.47 Å². The van der Waals surface area contributed by atoms with E-state index in [9.17, 15) is 18.0 Å². The summed E-state index contributed by atoms with van der Waals surface area (Å²) in [6.07, 6.45) is 0.463. The monoisotopic (exact) mass is 362 g/mol. The van der Waals surface area contributed by atoms with E-state index in [1.54, 1.807) is 45.0 Å². The van der Waals surface area contributed by atoms with Gasteiger partial charge in [-0.2, -0.15) is 0 Å². The van der Waals surface area contributed by atoms with Crippen molar-refractivity contribution in [3.05, 3.63) is 53.6 Å². The number of hydrogen-bond acceptors (Lipinski definition) is 3. The van der Waals surface area contributed by atoms with Gasteiger partial charge in [0, 0.05) is 0 Å². The van der Waals surface area contributed by atoms with E-state index >= 15 is 0 Å². The van der Waals surface area contributed by atoms with E-state index in [2.05, 4.69) is 10.7 Å². The smallest absolute Gasteiger partial charge is 0.456 e. The predicted octanol–water partition coefficient (Wildman–Crippen LogP) is 5.19. The molecule has 0 aliphatic carbocycles. The molecule has 0 heterocycles. The van der Waals surface area contributed by atoms with Gasteiger partial charge >= 0.3 is 12.3 Å². The van der Waals surface area contributed by atoms with Gasteiger partial charge in [0.2, 0.25) is 0 Å². The van der Waals surface area contributed by atoms with Crippen molar-refractivity contribution in [1.82, 2.24) is 0 Å². The Morgan fingerprint density at radius 1 is 1.00 bits per heavy atom. The fourth-order valence-corrected chi connectivity index (χ4v) is 2.17. The van der Waals surface area contributed by atoms with Gasteiger partial charge in [0.25, 0.3) is 0 Å². The topological polar surface area (TPSA) is 35.5 Å². The number of rotatable bonds is 3. The van der Waals surface area contributed by atoms with Crippen LogP contribution in [-0.2, 0) is 4.74 Å². The van der Waals surface area contributed by atoms with Crippen molar-refractivity contribution < 1.29 is 27.4 Å². The zero-order valence-electron chi connectivity index (χ0n) is 14.5. The average Bonchev–Trinajstić information content (AvgIpc) is 2.52. The minimum absolute atomic E-state index is 0.0176. The van der Waals surface area contributed by atoms with Crippen LogP contribution in [0.2, 0.25) is 0 Å². The van der Waals surface area contributed by atoms with Gasteiger partial charge in [0.1, 0.15) is 11.4 Å². The van der Waals surface area contributed by atoms with E-state index in [0.717, 1.165) is 0 Å². The van der Waals surface area contributed by atoms with E-state index in [0.29, 0.717) is 16.7 Å². The van der Waals surface area contributed by atoms with Crippen molar-refractivity contribution in [3.8, 4) is 29.2 Å². The molecule has 0 aromatic heterocycles. The lowest BCUT2D eigenvalue weighted by Gasteiger charge is -2.19. The summed E-state index contributed by atoms with van der Waals surface area (Å²) < 4.78 is 46.3. The second-order valence-corrected chi connectivity index (χ2v) is 6.48. The van der Waals surface area contributed by atoms with E-state index in [1.807, 2.05) is 0 Å². The molecule has 3 nitrogen and oxygen atoms in total. The van der Waals surface area contributed by atoms with Gasteiger partial charge in [-0.05, 0) is 56.2 Å². The Bertz CT molecular complexity index is 839. The van der Waals surface area contributed by atoms with Crippen LogP contribution in [0.4, 0.5) is 13.2 Å². The molecule has 2 rings (SSSR count). The van der Waals surface area contributed by atoms with Gasteiger partial charge in [-0.3, -0.25) is 0 Å². The van der Waals surface area contributed by atoms with Gasteiger partial charge in [-0.15, -0.1) is 19.6 Å². The number of ether oxygens (including phenoxy) is 2. The number of halogens is 3. The fraction of sp³-hybridized carbons (Fsp3) is 0.250. The van der Waals surface area contributed by atoms with Crippen LogP contribution in [0.1, 0.15) is 36.7 Å². The summed E-state index contributed by atoms with van der Waals surface area (Å²) >= 11 is 0. The van der Waals surface area contributed by atoms with E-state index in [1.165, 1.54) is 18.2 Å². The van der Waals surface area contributed by atoms with Crippen molar-refractivity contribution in [2.75, 3.05) is 0 Å². The quantitative estimate of drug-likeness (QED) is 0.557. The third-order valence-corrected chi connectivity index (χ3v) is 3.21. The molecule has 26 heavy (non-hydrogen) atoms. The summed E-state index contributed by atoms with van der Waals surface area (Å²) in [5.41, 5.74) is 1.04.